The number of likely N-dealkylation sites (N-methyl/N-ethyl adjacent to an activating group) is 1. The van der Waals surface area contributed by atoms with Crippen molar-refractivity contribution in [3.63, 3.8) is 0 Å². The lowest BCUT2D eigenvalue weighted by Gasteiger charge is -2.31. The predicted octanol–water partition coefficient (Wildman–Crippen LogP) is 5.27. The number of aliphatic imine (C=N–C) groups is 1. The zero-order chi connectivity index (χ0) is 27.0. The fraction of sp³-hybridized carbons (Fsp3) is 0.286. The van der Waals surface area contributed by atoms with Gasteiger partial charge in [-0.3, -0.25) is 4.79 Å². The number of aliphatic hydroxyl groups excluding tert-OH is 1. The average molecular weight is 578 g/mol. The van der Waals surface area contributed by atoms with Crippen molar-refractivity contribution in [3.8, 4) is 5.75 Å². The first-order valence-electron chi connectivity index (χ1n) is 12.2. The summed E-state index contributed by atoms with van der Waals surface area (Å²) in [7, 11) is 1.58. The third-order valence-corrected chi connectivity index (χ3v) is 6.81. The van der Waals surface area contributed by atoms with Crippen LogP contribution < -0.4 is 10.1 Å². The maximum Gasteiger partial charge on any atom is 0.252 e. The molecule has 1 aliphatic heterocycles. The van der Waals surface area contributed by atoms with Crippen molar-refractivity contribution < 1.29 is 19.4 Å². The Morgan fingerprint density at radius 1 is 1.18 bits per heavy atom. The number of ether oxygens (including phenoxy) is 2. The maximum absolute atomic E-state index is 13.7. The van der Waals surface area contributed by atoms with E-state index in [0.717, 1.165) is 21.2 Å². The van der Waals surface area contributed by atoms with Crippen LogP contribution in [-0.2, 0) is 22.5 Å². The molecule has 0 bridgehead atoms. The van der Waals surface area contributed by atoms with Crippen LogP contribution in [-0.4, -0.2) is 42.7 Å². The molecule has 3 aromatic carbocycles. The number of hydrogen-bond acceptors (Lipinski definition) is 6. The second-order valence-corrected chi connectivity index (χ2v) is 9.67. The molecule has 10 heteroatoms. The number of azide groups is 1. The molecule has 1 aliphatic rings. The van der Waals surface area contributed by atoms with Gasteiger partial charge in [0.2, 0.25) is 5.90 Å². The van der Waals surface area contributed by atoms with E-state index in [1.165, 1.54) is 0 Å². The molecule has 0 unspecified atom stereocenters. The number of amides is 1. The van der Waals surface area contributed by atoms with Crippen LogP contribution in [0.4, 0.5) is 0 Å². The largest absolute Gasteiger partial charge is 0.494 e. The lowest BCUT2D eigenvalue weighted by atomic mass is 9.80. The Balaban J connectivity index is 1.79. The molecule has 0 aromatic heterocycles. The SMILES string of the molecule is CNC(=O)[C@]1(Cc2ccc(Br)cc2)N=C(c2ccc(OCCCO)cc2)O[C@@H]1c1ccccc1CN=[N+]=[N-]. The second-order valence-electron chi connectivity index (χ2n) is 8.76. The van der Waals surface area contributed by atoms with Crippen LogP contribution in [0.1, 0.15) is 34.8 Å². The van der Waals surface area contributed by atoms with Crippen molar-refractivity contribution in [2.24, 2.45) is 10.1 Å². The van der Waals surface area contributed by atoms with E-state index in [4.69, 9.17) is 25.1 Å². The Hall–Kier alpha value is -3.85. The summed E-state index contributed by atoms with van der Waals surface area (Å²) in [6.45, 7) is 0.583. The van der Waals surface area contributed by atoms with Gasteiger partial charge >= 0.3 is 0 Å². The number of carbonyl (C=O) groups excluding carboxylic acids is 1. The zero-order valence-electron chi connectivity index (χ0n) is 20.9. The standard InChI is InChI=1S/C28H28BrN5O4/c1-31-27(36)28(17-19-7-11-22(29)12-8-19)25(24-6-3-2-5-21(24)18-32-34-30)38-26(33-28)20-9-13-23(14-10-20)37-16-4-15-35/h2-3,5-14,25,35H,4,15-18H2,1H3,(H,31,36)/t25-,28-/m1/s1. The lowest BCUT2D eigenvalue weighted by Crippen LogP contribution is -2.49. The molecule has 0 radical (unpaired) electrons. The van der Waals surface area contributed by atoms with Crippen molar-refractivity contribution in [2.75, 3.05) is 20.3 Å². The fourth-order valence-corrected chi connectivity index (χ4v) is 4.70. The maximum atomic E-state index is 13.7. The summed E-state index contributed by atoms with van der Waals surface area (Å²) in [4.78, 5) is 21.5. The molecule has 0 aliphatic carbocycles. The number of aliphatic hydroxyl groups is 1. The third-order valence-electron chi connectivity index (χ3n) is 6.29. The molecule has 38 heavy (non-hydrogen) atoms. The molecule has 9 nitrogen and oxygen atoms in total. The molecule has 0 spiro atoms. The minimum atomic E-state index is -1.32. The Labute approximate surface area is 229 Å². The Morgan fingerprint density at radius 2 is 1.92 bits per heavy atom. The van der Waals surface area contributed by atoms with Crippen LogP contribution >= 0.6 is 15.9 Å². The highest BCUT2D eigenvalue weighted by Gasteiger charge is 2.53. The van der Waals surface area contributed by atoms with Crippen LogP contribution in [0.15, 0.2) is 87.4 Å². The molecular weight excluding hydrogens is 550 g/mol. The molecule has 1 heterocycles. The van der Waals surface area contributed by atoms with Crippen LogP contribution in [0.3, 0.4) is 0 Å². The Kier molecular flexibility index (Phi) is 9.02. The van der Waals surface area contributed by atoms with E-state index in [1.54, 1.807) is 19.2 Å². The number of halogens is 1. The highest BCUT2D eigenvalue weighted by molar-refractivity contribution is 9.10. The average Bonchev–Trinajstić information content (AvgIpc) is 3.33. The molecule has 1 amide bonds. The van der Waals surface area contributed by atoms with Gasteiger partial charge in [0.05, 0.1) is 13.2 Å². The first-order chi connectivity index (χ1) is 18.5. The van der Waals surface area contributed by atoms with Crippen LogP contribution in [0, 0.1) is 0 Å². The summed E-state index contributed by atoms with van der Waals surface area (Å²) in [5.74, 6) is 0.698. The predicted molar refractivity (Wildman–Crippen MR) is 148 cm³/mol. The van der Waals surface area contributed by atoms with Gasteiger partial charge < -0.3 is 19.9 Å². The Morgan fingerprint density at radius 3 is 2.61 bits per heavy atom. The first-order valence-corrected chi connectivity index (χ1v) is 13.0. The summed E-state index contributed by atoms with van der Waals surface area (Å²) in [5, 5.41) is 15.5. The third kappa shape index (κ3) is 5.99. The topological polar surface area (TPSA) is 129 Å². The highest BCUT2D eigenvalue weighted by Crippen LogP contribution is 2.43. The zero-order valence-corrected chi connectivity index (χ0v) is 22.5. The number of hydrogen-bond donors (Lipinski definition) is 2. The molecule has 0 saturated carbocycles. The van der Waals surface area contributed by atoms with E-state index in [-0.39, 0.29) is 25.5 Å². The van der Waals surface area contributed by atoms with Gasteiger partial charge in [-0.1, -0.05) is 57.4 Å². The highest BCUT2D eigenvalue weighted by atomic mass is 79.9. The first kappa shape index (κ1) is 27.2. The molecule has 4 rings (SSSR count). The molecule has 0 fully saturated rings. The van der Waals surface area contributed by atoms with Gasteiger partial charge in [0.15, 0.2) is 11.6 Å². The molecule has 2 N–H and O–H groups in total. The van der Waals surface area contributed by atoms with Gasteiger partial charge in [-0.2, -0.15) is 0 Å². The van der Waals surface area contributed by atoms with Gasteiger partial charge in [0.25, 0.3) is 5.91 Å². The van der Waals surface area contributed by atoms with Crippen molar-refractivity contribution in [2.45, 2.75) is 31.0 Å². The quantitative estimate of drug-likeness (QED) is 0.139. The number of rotatable bonds is 11. The summed E-state index contributed by atoms with van der Waals surface area (Å²) < 4.78 is 13.1. The van der Waals surface area contributed by atoms with E-state index in [0.29, 0.717) is 30.2 Å². The molecule has 196 valence electrons. The fourth-order valence-electron chi connectivity index (χ4n) is 4.43. The van der Waals surface area contributed by atoms with E-state index in [9.17, 15) is 4.79 Å². The van der Waals surface area contributed by atoms with Gasteiger partial charge in [-0.05, 0) is 58.6 Å². The molecule has 3 aromatic rings. The van der Waals surface area contributed by atoms with E-state index in [2.05, 4.69) is 31.3 Å². The molecule has 2 atom stereocenters. The second kappa shape index (κ2) is 12.6. The van der Waals surface area contributed by atoms with E-state index < -0.39 is 11.6 Å². The van der Waals surface area contributed by atoms with Gasteiger partial charge in [-0.15, -0.1) is 0 Å². The minimum absolute atomic E-state index is 0.0607. The minimum Gasteiger partial charge on any atom is -0.494 e. The van der Waals surface area contributed by atoms with Gasteiger partial charge in [0.1, 0.15) is 5.75 Å². The van der Waals surface area contributed by atoms with Gasteiger partial charge in [0, 0.05) is 41.4 Å². The van der Waals surface area contributed by atoms with Crippen LogP contribution in [0.25, 0.3) is 10.4 Å². The summed E-state index contributed by atoms with van der Waals surface area (Å²) in [6, 6.07) is 22.5. The van der Waals surface area contributed by atoms with Crippen molar-refractivity contribution in [1.82, 2.24) is 5.32 Å². The van der Waals surface area contributed by atoms with Crippen molar-refractivity contribution in [1.29, 1.82) is 0 Å². The van der Waals surface area contributed by atoms with Crippen molar-refractivity contribution >= 4 is 27.7 Å². The number of nitrogens with zero attached hydrogens (tertiary/aromatic N) is 4. The van der Waals surface area contributed by atoms with Crippen LogP contribution in [0.5, 0.6) is 5.75 Å². The number of carbonyl (C=O) groups is 1. The number of benzene rings is 3. The van der Waals surface area contributed by atoms with Crippen LogP contribution in [0.2, 0.25) is 0 Å². The summed E-state index contributed by atoms with van der Waals surface area (Å²) >= 11 is 3.47. The molecule has 0 saturated heterocycles. The number of nitrogens with one attached hydrogen (secondary N) is 1. The normalized spacial score (nSPS) is 18.2. The smallest absolute Gasteiger partial charge is 0.252 e. The van der Waals surface area contributed by atoms with E-state index >= 15 is 0 Å². The summed E-state index contributed by atoms with van der Waals surface area (Å²) in [6.07, 6.45) is 0.0533. The van der Waals surface area contributed by atoms with Gasteiger partial charge in [-0.25, -0.2) is 4.99 Å². The Bertz CT molecular complexity index is 1340. The van der Waals surface area contributed by atoms with Crippen molar-refractivity contribution in [3.05, 3.63) is 110 Å². The van der Waals surface area contributed by atoms with E-state index in [1.807, 2.05) is 60.7 Å². The molecular formula is C28H28BrN5O4. The monoisotopic (exact) mass is 577 g/mol. The lowest BCUT2D eigenvalue weighted by molar-refractivity contribution is -0.128. The summed E-state index contributed by atoms with van der Waals surface area (Å²) in [5.41, 5.74) is 10.7.